The van der Waals surface area contributed by atoms with Gasteiger partial charge in [-0.25, -0.2) is 4.68 Å². The second kappa shape index (κ2) is 10.7. The zero-order valence-corrected chi connectivity index (χ0v) is 19.3. The number of carbonyl (C=O) groups excluding carboxylic acids is 2. The first-order chi connectivity index (χ1) is 16.5. The molecule has 1 N–H and O–H groups in total. The van der Waals surface area contributed by atoms with Crippen LogP contribution in [0.4, 0.5) is 5.69 Å². The summed E-state index contributed by atoms with van der Waals surface area (Å²) in [4.78, 5) is 33.0. The summed E-state index contributed by atoms with van der Waals surface area (Å²) >= 11 is 0. The van der Waals surface area contributed by atoms with Gasteiger partial charge in [-0.05, 0) is 42.7 Å². The third-order valence-electron chi connectivity index (χ3n) is 5.54. The second-order valence-corrected chi connectivity index (χ2v) is 8.50. The molecule has 0 unspecified atom stereocenters. The van der Waals surface area contributed by atoms with E-state index in [0.29, 0.717) is 29.2 Å². The molecule has 2 aromatic heterocycles. The largest absolute Gasteiger partial charge is 0.354 e. The molecule has 174 valence electrons. The number of nitrogens with zero attached hydrogens (tertiary/aromatic N) is 5. The Morgan fingerprint density at radius 1 is 1.00 bits per heavy atom. The minimum atomic E-state index is -0.884. The SMILES string of the molecule is CC(C)CCNC(=O)[C@H](c1cccnc1)N(C(=O)Cn1nnc2ccccc21)c1ccccc1. The lowest BCUT2D eigenvalue weighted by Gasteiger charge is -2.31. The first kappa shape index (κ1) is 23.1. The van der Waals surface area contributed by atoms with Gasteiger partial charge in [-0.1, -0.05) is 55.5 Å². The van der Waals surface area contributed by atoms with Gasteiger partial charge in [-0.3, -0.25) is 19.5 Å². The van der Waals surface area contributed by atoms with E-state index in [0.717, 1.165) is 11.9 Å². The van der Waals surface area contributed by atoms with Crippen molar-refractivity contribution in [1.82, 2.24) is 25.3 Å². The van der Waals surface area contributed by atoms with Crippen molar-refractivity contribution in [2.75, 3.05) is 11.4 Å². The summed E-state index contributed by atoms with van der Waals surface area (Å²) in [6.07, 6.45) is 4.12. The quantitative estimate of drug-likeness (QED) is 0.414. The number of anilines is 1. The number of amides is 2. The van der Waals surface area contributed by atoms with Crippen LogP contribution in [0.2, 0.25) is 0 Å². The summed E-state index contributed by atoms with van der Waals surface area (Å²) < 4.78 is 1.56. The lowest BCUT2D eigenvalue weighted by molar-refractivity contribution is -0.127. The number of nitrogens with one attached hydrogen (secondary N) is 1. The van der Waals surface area contributed by atoms with Gasteiger partial charge in [0.05, 0.1) is 5.52 Å². The molecular formula is C26H28N6O2. The smallest absolute Gasteiger partial charge is 0.249 e. The van der Waals surface area contributed by atoms with Crippen molar-refractivity contribution in [3.63, 3.8) is 0 Å². The Kier molecular flexibility index (Phi) is 7.27. The van der Waals surface area contributed by atoms with Crippen LogP contribution in [0.1, 0.15) is 31.9 Å². The van der Waals surface area contributed by atoms with E-state index >= 15 is 0 Å². The highest BCUT2D eigenvalue weighted by atomic mass is 16.2. The van der Waals surface area contributed by atoms with E-state index in [9.17, 15) is 9.59 Å². The number of aromatic nitrogens is 4. The average molecular weight is 457 g/mol. The Balaban J connectivity index is 1.72. The molecule has 0 radical (unpaired) electrons. The lowest BCUT2D eigenvalue weighted by atomic mass is 10.0. The first-order valence-corrected chi connectivity index (χ1v) is 11.4. The van der Waals surface area contributed by atoms with Crippen LogP contribution >= 0.6 is 0 Å². The molecule has 2 heterocycles. The number of benzene rings is 2. The van der Waals surface area contributed by atoms with Crippen LogP contribution in [0.3, 0.4) is 0 Å². The molecule has 0 aliphatic rings. The molecule has 0 aliphatic heterocycles. The maximum Gasteiger partial charge on any atom is 0.249 e. The van der Waals surface area contributed by atoms with Gasteiger partial charge in [-0.2, -0.15) is 0 Å². The van der Waals surface area contributed by atoms with Gasteiger partial charge in [0.25, 0.3) is 0 Å². The minimum absolute atomic E-state index is 0.0640. The fourth-order valence-electron chi connectivity index (χ4n) is 3.80. The topological polar surface area (TPSA) is 93.0 Å². The molecule has 8 heteroatoms. The van der Waals surface area contributed by atoms with Crippen LogP contribution in [0, 0.1) is 5.92 Å². The number of rotatable bonds is 9. The molecule has 0 saturated heterocycles. The van der Waals surface area contributed by atoms with Crippen LogP contribution in [-0.2, 0) is 16.1 Å². The van der Waals surface area contributed by atoms with Gasteiger partial charge in [0.15, 0.2) is 0 Å². The van der Waals surface area contributed by atoms with E-state index in [4.69, 9.17) is 0 Å². The number of para-hydroxylation sites is 2. The van der Waals surface area contributed by atoms with Gasteiger partial charge < -0.3 is 5.32 Å². The molecule has 2 aromatic carbocycles. The summed E-state index contributed by atoms with van der Waals surface area (Å²) in [6.45, 7) is 4.67. The summed E-state index contributed by atoms with van der Waals surface area (Å²) in [6, 6.07) is 19.4. The van der Waals surface area contributed by atoms with Crippen LogP contribution in [0.15, 0.2) is 79.1 Å². The van der Waals surface area contributed by atoms with Crippen molar-refractivity contribution in [2.24, 2.45) is 5.92 Å². The van der Waals surface area contributed by atoms with Gasteiger partial charge in [0.2, 0.25) is 11.8 Å². The van der Waals surface area contributed by atoms with E-state index in [2.05, 4.69) is 34.5 Å². The third kappa shape index (κ3) is 5.28. The molecule has 1 atom stereocenters. The molecule has 0 aliphatic carbocycles. The monoisotopic (exact) mass is 456 g/mol. The Morgan fingerprint density at radius 2 is 1.76 bits per heavy atom. The summed E-state index contributed by atoms with van der Waals surface area (Å²) in [7, 11) is 0. The third-order valence-corrected chi connectivity index (χ3v) is 5.54. The van der Waals surface area contributed by atoms with Gasteiger partial charge in [0.1, 0.15) is 18.1 Å². The van der Waals surface area contributed by atoms with E-state index < -0.39 is 6.04 Å². The number of hydrogen-bond acceptors (Lipinski definition) is 5. The molecule has 34 heavy (non-hydrogen) atoms. The Labute approximate surface area is 198 Å². The van der Waals surface area contributed by atoms with Crippen LogP contribution in [-0.4, -0.2) is 38.3 Å². The fraction of sp³-hybridized carbons (Fsp3) is 0.269. The van der Waals surface area contributed by atoms with Crippen molar-refractivity contribution < 1.29 is 9.59 Å². The molecule has 8 nitrogen and oxygen atoms in total. The Hall–Kier alpha value is -4.07. The maximum absolute atomic E-state index is 13.8. The summed E-state index contributed by atoms with van der Waals surface area (Å²) in [5, 5.41) is 11.3. The lowest BCUT2D eigenvalue weighted by Crippen LogP contribution is -2.45. The zero-order valence-electron chi connectivity index (χ0n) is 19.3. The van der Waals surface area contributed by atoms with Gasteiger partial charge in [-0.15, -0.1) is 5.10 Å². The van der Waals surface area contributed by atoms with Crippen molar-refractivity contribution in [3.05, 3.63) is 84.7 Å². The fourth-order valence-corrected chi connectivity index (χ4v) is 3.80. The highest BCUT2D eigenvalue weighted by Crippen LogP contribution is 2.28. The van der Waals surface area contributed by atoms with Crippen molar-refractivity contribution in [2.45, 2.75) is 32.9 Å². The molecule has 0 fully saturated rings. The molecule has 4 rings (SSSR count). The highest BCUT2D eigenvalue weighted by molar-refractivity contribution is 6.01. The molecule has 0 saturated carbocycles. The van der Waals surface area contributed by atoms with Crippen LogP contribution in [0.5, 0.6) is 0 Å². The molecule has 0 spiro atoms. The van der Waals surface area contributed by atoms with Crippen LogP contribution < -0.4 is 10.2 Å². The number of fused-ring (bicyclic) bond motifs is 1. The molecule has 0 bridgehead atoms. The molecule has 4 aromatic rings. The number of carbonyl (C=O) groups is 2. The van der Waals surface area contributed by atoms with Crippen molar-refractivity contribution in [3.8, 4) is 0 Å². The number of hydrogen-bond donors (Lipinski definition) is 1. The number of pyridine rings is 1. The maximum atomic E-state index is 13.8. The van der Waals surface area contributed by atoms with Gasteiger partial charge >= 0.3 is 0 Å². The normalized spacial score (nSPS) is 12.0. The van der Waals surface area contributed by atoms with E-state index in [1.807, 2.05) is 60.7 Å². The molecule has 2 amide bonds. The van der Waals surface area contributed by atoms with Crippen LogP contribution in [0.25, 0.3) is 11.0 Å². The standard InChI is InChI=1S/C26H28N6O2/c1-19(2)14-16-28-26(34)25(20-9-8-15-27-17-20)32(21-10-4-3-5-11-21)24(33)18-31-23-13-7-6-12-22(23)29-30-31/h3-13,15,17,19,25H,14,16,18H2,1-2H3,(H,28,34)/t25-/m0/s1. The average Bonchev–Trinajstić information content (AvgIpc) is 3.26. The summed E-state index contributed by atoms with van der Waals surface area (Å²) in [5.74, 6) is -0.0892. The van der Waals surface area contributed by atoms with Crippen molar-refractivity contribution >= 4 is 28.5 Å². The highest BCUT2D eigenvalue weighted by Gasteiger charge is 2.33. The zero-order chi connectivity index (χ0) is 23.9. The Morgan fingerprint density at radius 3 is 2.50 bits per heavy atom. The first-order valence-electron chi connectivity index (χ1n) is 11.4. The predicted octanol–water partition coefficient (Wildman–Crippen LogP) is 3.76. The Bertz CT molecular complexity index is 1240. The minimum Gasteiger partial charge on any atom is -0.354 e. The predicted molar refractivity (Wildman–Crippen MR) is 131 cm³/mol. The second-order valence-electron chi connectivity index (χ2n) is 8.50. The van der Waals surface area contributed by atoms with Gasteiger partial charge in [0, 0.05) is 30.2 Å². The van der Waals surface area contributed by atoms with E-state index in [1.165, 1.54) is 4.90 Å². The van der Waals surface area contributed by atoms with Crippen molar-refractivity contribution in [1.29, 1.82) is 0 Å². The van der Waals surface area contributed by atoms with E-state index in [1.54, 1.807) is 23.1 Å². The molecular weight excluding hydrogens is 428 g/mol. The summed E-state index contributed by atoms with van der Waals surface area (Å²) in [5.41, 5.74) is 2.70. The van der Waals surface area contributed by atoms with E-state index in [-0.39, 0.29) is 18.4 Å².